The van der Waals surface area contributed by atoms with Crippen LogP contribution in [0.4, 0.5) is 5.82 Å². The zero-order valence-corrected chi connectivity index (χ0v) is 13.8. The van der Waals surface area contributed by atoms with E-state index in [0.717, 1.165) is 40.9 Å². The summed E-state index contributed by atoms with van der Waals surface area (Å²) in [6, 6.07) is 6.20. The van der Waals surface area contributed by atoms with Crippen molar-refractivity contribution in [3.05, 3.63) is 29.0 Å². The molecule has 0 bridgehead atoms. The van der Waals surface area contributed by atoms with Crippen molar-refractivity contribution in [2.24, 2.45) is 0 Å². The Kier molecular flexibility index (Phi) is 4.37. The predicted molar refractivity (Wildman–Crippen MR) is 87.6 cm³/mol. The molecule has 1 fully saturated rings. The van der Waals surface area contributed by atoms with Gasteiger partial charge in [0, 0.05) is 22.9 Å². The van der Waals surface area contributed by atoms with Crippen molar-refractivity contribution in [3.8, 4) is 0 Å². The first kappa shape index (κ1) is 14.7. The maximum absolute atomic E-state index is 5.86. The van der Waals surface area contributed by atoms with Gasteiger partial charge in [-0.25, -0.2) is 9.97 Å². The van der Waals surface area contributed by atoms with Gasteiger partial charge >= 0.3 is 0 Å². The van der Waals surface area contributed by atoms with Crippen LogP contribution in [0.2, 0.25) is 0 Å². The second kappa shape index (κ2) is 6.25. The summed E-state index contributed by atoms with van der Waals surface area (Å²) < 4.78 is 6.88. The SMILES string of the molecule is CC(Nc1ncnc2ccc(Br)cc12)C1CN(C)CCO1. The maximum atomic E-state index is 5.86. The molecule has 2 unspecified atom stereocenters. The molecule has 21 heavy (non-hydrogen) atoms. The van der Waals surface area contributed by atoms with Crippen LogP contribution in [-0.2, 0) is 4.74 Å². The molecule has 2 heterocycles. The van der Waals surface area contributed by atoms with E-state index in [0.29, 0.717) is 0 Å². The van der Waals surface area contributed by atoms with Crippen molar-refractivity contribution < 1.29 is 4.74 Å². The number of halogens is 1. The minimum absolute atomic E-state index is 0.168. The largest absolute Gasteiger partial charge is 0.373 e. The van der Waals surface area contributed by atoms with E-state index in [1.54, 1.807) is 6.33 Å². The first-order chi connectivity index (χ1) is 10.1. The number of ether oxygens (including phenoxy) is 1. The van der Waals surface area contributed by atoms with Gasteiger partial charge in [-0.05, 0) is 32.2 Å². The molecule has 2 atom stereocenters. The lowest BCUT2D eigenvalue weighted by molar-refractivity contribution is -0.0259. The van der Waals surface area contributed by atoms with Gasteiger partial charge in [0.05, 0.1) is 24.3 Å². The average molecular weight is 351 g/mol. The quantitative estimate of drug-likeness (QED) is 0.921. The number of morpholine rings is 1. The zero-order valence-electron chi connectivity index (χ0n) is 12.2. The van der Waals surface area contributed by atoms with Gasteiger partial charge < -0.3 is 15.0 Å². The van der Waals surface area contributed by atoms with E-state index >= 15 is 0 Å². The van der Waals surface area contributed by atoms with Gasteiger partial charge in [0.25, 0.3) is 0 Å². The van der Waals surface area contributed by atoms with Crippen LogP contribution in [0.25, 0.3) is 10.9 Å². The molecule has 5 nitrogen and oxygen atoms in total. The second-order valence-corrected chi connectivity index (χ2v) is 6.40. The minimum atomic E-state index is 0.168. The fourth-order valence-electron chi connectivity index (χ4n) is 2.57. The van der Waals surface area contributed by atoms with Crippen LogP contribution in [0.5, 0.6) is 0 Å². The molecule has 6 heteroatoms. The number of rotatable bonds is 3. The number of likely N-dealkylation sites (N-methyl/N-ethyl adjacent to an activating group) is 1. The van der Waals surface area contributed by atoms with Gasteiger partial charge in [0.2, 0.25) is 0 Å². The van der Waals surface area contributed by atoms with Gasteiger partial charge in [0.15, 0.2) is 0 Å². The molecule has 1 aliphatic heterocycles. The van der Waals surface area contributed by atoms with Gasteiger partial charge in [-0.15, -0.1) is 0 Å². The molecule has 1 aromatic carbocycles. The van der Waals surface area contributed by atoms with Crippen LogP contribution in [0.1, 0.15) is 6.92 Å². The fourth-order valence-corrected chi connectivity index (χ4v) is 2.93. The number of aromatic nitrogens is 2. The summed E-state index contributed by atoms with van der Waals surface area (Å²) in [6.07, 6.45) is 1.76. The number of nitrogens with zero attached hydrogens (tertiary/aromatic N) is 3. The molecule has 1 saturated heterocycles. The molecule has 3 rings (SSSR count). The van der Waals surface area contributed by atoms with E-state index in [9.17, 15) is 0 Å². The Balaban J connectivity index is 1.82. The van der Waals surface area contributed by atoms with Crippen molar-refractivity contribution in [2.45, 2.75) is 19.1 Å². The number of hydrogen-bond acceptors (Lipinski definition) is 5. The van der Waals surface area contributed by atoms with Gasteiger partial charge in [-0.1, -0.05) is 15.9 Å². The predicted octanol–water partition coefficient (Wildman–Crippen LogP) is 2.52. The Morgan fingerprint density at radius 3 is 3.10 bits per heavy atom. The van der Waals surface area contributed by atoms with E-state index in [-0.39, 0.29) is 12.1 Å². The molecule has 0 aliphatic carbocycles. The molecule has 1 aromatic heterocycles. The Labute approximate surface area is 132 Å². The Morgan fingerprint density at radius 2 is 2.29 bits per heavy atom. The number of nitrogens with one attached hydrogen (secondary N) is 1. The van der Waals surface area contributed by atoms with Crippen LogP contribution in [0.3, 0.4) is 0 Å². The van der Waals surface area contributed by atoms with Crippen molar-refractivity contribution >= 4 is 32.7 Å². The normalized spacial score (nSPS) is 21.4. The highest BCUT2D eigenvalue weighted by Crippen LogP contribution is 2.24. The van der Waals surface area contributed by atoms with Crippen LogP contribution in [-0.4, -0.2) is 53.8 Å². The first-order valence-corrected chi connectivity index (χ1v) is 7.90. The van der Waals surface area contributed by atoms with E-state index < -0.39 is 0 Å². The molecule has 0 amide bonds. The molecule has 0 spiro atoms. The number of fused-ring (bicyclic) bond motifs is 1. The highest BCUT2D eigenvalue weighted by atomic mass is 79.9. The van der Waals surface area contributed by atoms with Gasteiger partial charge in [-0.2, -0.15) is 0 Å². The lowest BCUT2D eigenvalue weighted by atomic mass is 10.1. The maximum Gasteiger partial charge on any atom is 0.137 e. The zero-order chi connectivity index (χ0) is 14.8. The van der Waals surface area contributed by atoms with E-state index in [2.05, 4.69) is 50.1 Å². The standard InChI is InChI=1S/C15H19BrN4O/c1-10(14-8-20(2)5-6-21-14)19-15-12-7-11(16)3-4-13(12)17-9-18-15/h3-4,7,9-10,14H,5-6,8H2,1-2H3,(H,17,18,19). The third kappa shape index (κ3) is 3.33. The molecular formula is C15H19BrN4O. The Morgan fingerprint density at radius 1 is 1.43 bits per heavy atom. The number of anilines is 1. The summed E-state index contributed by atoms with van der Waals surface area (Å²) in [7, 11) is 2.12. The molecule has 112 valence electrons. The summed E-state index contributed by atoms with van der Waals surface area (Å²) in [5, 5.41) is 4.50. The summed E-state index contributed by atoms with van der Waals surface area (Å²) in [5.74, 6) is 0.852. The molecule has 1 aliphatic rings. The summed E-state index contributed by atoms with van der Waals surface area (Å²) in [5.41, 5.74) is 0.935. The van der Waals surface area contributed by atoms with Crippen LogP contribution < -0.4 is 5.32 Å². The molecule has 0 saturated carbocycles. The minimum Gasteiger partial charge on any atom is -0.373 e. The van der Waals surface area contributed by atoms with Crippen molar-refractivity contribution in [3.63, 3.8) is 0 Å². The van der Waals surface area contributed by atoms with Gasteiger partial charge in [0.1, 0.15) is 12.1 Å². The lowest BCUT2D eigenvalue weighted by Crippen LogP contribution is -2.47. The summed E-state index contributed by atoms with van der Waals surface area (Å²) in [4.78, 5) is 11.0. The highest BCUT2D eigenvalue weighted by molar-refractivity contribution is 9.10. The van der Waals surface area contributed by atoms with Gasteiger partial charge in [-0.3, -0.25) is 0 Å². The third-order valence-corrected chi connectivity index (χ3v) is 4.31. The van der Waals surface area contributed by atoms with Crippen molar-refractivity contribution in [1.82, 2.24) is 14.9 Å². The second-order valence-electron chi connectivity index (χ2n) is 5.49. The third-order valence-electron chi connectivity index (χ3n) is 3.82. The lowest BCUT2D eigenvalue weighted by Gasteiger charge is -2.34. The average Bonchev–Trinajstić information content (AvgIpc) is 2.48. The summed E-state index contributed by atoms with van der Waals surface area (Å²) >= 11 is 3.50. The van der Waals surface area contributed by atoms with Crippen LogP contribution in [0.15, 0.2) is 29.0 Å². The van der Waals surface area contributed by atoms with E-state index in [1.165, 1.54) is 0 Å². The van der Waals surface area contributed by atoms with Crippen molar-refractivity contribution in [1.29, 1.82) is 0 Å². The van der Waals surface area contributed by atoms with E-state index in [4.69, 9.17) is 4.74 Å². The van der Waals surface area contributed by atoms with Crippen molar-refractivity contribution in [2.75, 3.05) is 32.1 Å². The molecule has 1 N–H and O–H groups in total. The smallest absolute Gasteiger partial charge is 0.137 e. The number of benzene rings is 1. The number of hydrogen-bond donors (Lipinski definition) is 1. The van der Waals surface area contributed by atoms with Crippen LogP contribution in [0, 0.1) is 0 Å². The Bertz CT molecular complexity index is 636. The topological polar surface area (TPSA) is 50.3 Å². The molecular weight excluding hydrogens is 332 g/mol. The fraction of sp³-hybridized carbons (Fsp3) is 0.467. The Hall–Kier alpha value is -1.24. The summed E-state index contributed by atoms with van der Waals surface area (Å²) in [6.45, 7) is 4.84. The molecule has 0 radical (unpaired) electrons. The molecule has 2 aromatic rings. The van der Waals surface area contributed by atoms with Crippen LogP contribution >= 0.6 is 15.9 Å². The van der Waals surface area contributed by atoms with E-state index in [1.807, 2.05) is 18.2 Å². The monoisotopic (exact) mass is 350 g/mol. The highest BCUT2D eigenvalue weighted by Gasteiger charge is 2.24. The first-order valence-electron chi connectivity index (χ1n) is 7.10.